The minimum absolute atomic E-state index is 0.0362. The Hall–Kier alpha value is -3.35. The topological polar surface area (TPSA) is 58.9 Å². The number of hydrogen-bond acceptors (Lipinski definition) is 3. The number of carboxylic acid groups (broad SMARTS) is 1. The van der Waals surface area contributed by atoms with Crippen molar-refractivity contribution in [2.24, 2.45) is 4.99 Å². The molecule has 0 unspecified atom stereocenters. The number of benzene rings is 2. The highest BCUT2D eigenvalue weighted by atomic mass is 19.3. The van der Waals surface area contributed by atoms with Crippen molar-refractivity contribution in [3.8, 4) is 5.75 Å². The van der Waals surface area contributed by atoms with Crippen LogP contribution in [-0.2, 0) is 4.79 Å². The Kier molecular flexibility index (Phi) is 6.95. The minimum Gasteiger partial charge on any atom is -0.477 e. The Labute approximate surface area is 178 Å². The lowest BCUT2D eigenvalue weighted by atomic mass is 9.97. The molecule has 0 aliphatic carbocycles. The third kappa shape index (κ3) is 6.07. The predicted molar refractivity (Wildman–Crippen MR) is 114 cm³/mol. The molecule has 0 bridgehead atoms. The Morgan fingerprint density at radius 1 is 1.16 bits per heavy atom. The van der Waals surface area contributed by atoms with Crippen LogP contribution in [0.1, 0.15) is 43.7 Å². The van der Waals surface area contributed by atoms with E-state index in [0.29, 0.717) is 41.7 Å². The average molecular weight is 429 g/mol. The molecule has 162 valence electrons. The summed E-state index contributed by atoms with van der Waals surface area (Å²) >= 11 is 0. The summed E-state index contributed by atoms with van der Waals surface area (Å²) in [4.78, 5) is 16.0. The highest BCUT2D eigenvalue weighted by Crippen LogP contribution is 2.30. The van der Waals surface area contributed by atoms with E-state index in [1.165, 1.54) is 36.4 Å². The molecular weight excluding hydrogens is 407 g/mol. The number of carbonyl (C=O) groups is 1. The molecule has 1 aliphatic rings. The summed E-state index contributed by atoms with van der Waals surface area (Å²) in [5, 5.41) is 9.58. The van der Waals surface area contributed by atoms with E-state index in [2.05, 4.69) is 4.99 Å². The number of halogens is 3. The van der Waals surface area contributed by atoms with Crippen LogP contribution in [0.4, 0.5) is 13.2 Å². The highest BCUT2D eigenvalue weighted by molar-refractivity contribution is 6.42. The van der Waals surface area contributed by atoms with E-state index in [9.17, 15) is 23.1 Å². The zero-order chi connectivity index (χ0) is 22.4. The largest absolute Gasteiger partial charge is 0.477 e. The van der Waals surface area contributed by atoms with Gasteiger partial charge in [-0.3, -0.25) is 0 Å². The number of allylic oxidation sites excluding steroid dienone is 2. The smallest absolute Gasteiger partial charge is 0.397 e. The third-order valence-electron chi connectivity index (χ3n) is 4.68. The van der Waals surface area contributed by atoms with Gasteiger partial charge < -0.3 is 9.84 Å². The Morgan fingerprint density at radius 3 is 2.55 bits per heavy atom. The van der Waals surface area contributed by atoms with Gasteiger partial charge in [-0.1, -0.05) is 37.3 Å². The number of aliphatic carboxylic acids is 1. The van der Waals surface area contributed by atoms with Gasteiger partial charge in [-0.15, -0.1) is 0 Å². The lowest BCUT2D eigenvalue weighted by Gasteiger charge is -2.18. The first-order chi connectivity index (χ1) is 14.8. The maximum atomic E-state index is 13.7. The first-order valence-electron chi connectivity index (χ1n) is 9.93. The molecule has 0 fully saturated rings. The first-order valence-corrected chi connectivity index (χ1v) is 9.93. The van der Waals surface area contributed by atoms with Crippen LogP contribution in [-0.4, -0.2) is 22.9 Å². The maximum absolute atomic E-state index is 13.7. The van der Waals surface area contributed by atoms with Gasteiger partial charge in [0.2, 0.25) is 0 Å². The van der Waals surface area contributed by atoms with Gasteiger partial charge in [0.15, 0.2) is 0 Å². The van der Waals surface area contributed by atoms with Crippen LogP contribution in [0.25, 0.3) is 11.3 Å². The molecule has 0 saturated carbocycles. The number of nitrogens with zero attached hydrogens (tertiary/aromatic N) is 1. The lowest BCUT2D eigenvalue weighted by Crippen LogP contribution is -2.24. The van der Waals surface area contributed by atoms with E-state index >= 15 is 0 Å². The van der Waals surface area contributed by atoms with Crippen molar-refractivity contribution in [2.75, 3.05) is 0 Å². The van der Waals surface area contributed by atoms with Gasteiger partial charge in [-0.25, -0.2) is 14.2 Å². The SMILES string of the molecule is CCCC(F)(F)Oc1ccc(/C2=C/C(C(=O)O)=N\C(c3cccc(F)c3)=C/CC2)cc1. The maximum Gasteiger partial charge on any atom is 0.397 e. The van der Waals surface area contributed by atoms with Crippen LogP contribution in [0.5, 0.6) is 5.75 Å². The fraction of sp³-hybridized carbons (Fsp3) is 0.250. The van der Waals surface area contributed by atoms with Crippen LogP contribution in [0, 0.1) is 5.82 Å². The van der Waals surface area contributed by atoms with Crippen molar-refractivity contribution >= 4 is 23.0 Å². The monoisotopic (exact) mass is 429 g/mol. The normalized spacial score (nSPS) is 19.7. The lowest BCUT2D eigenvalue weighted by molar-refractivity contribution is -0.180. The van der Waals surface area contributed by atoms with E-state index in [-0.39, 0.29) is 17.9 Å². The van der Waals surface area contributed by atoms with Crippen LogP contribution < -0.4 is 4.74 Å². The number of ether oxygens (including phenoxy) is 1. The molecule has 0 radical (unpaired) electrons. The number of aliphatic imine (C=N–C) groups is 1. The summed E-state index contributed by atoms with van der Waals surface area (Å²) in [6, 6.07) is 11.9. The molecule has 0 atom stereocenters. The number of hydrogen-bond donors (Lipinski definition) is 1. The van der Waals surface area contributed by atoms with Gasteiger partial charge in [0.05, 0.1) is 12.1 Å². The summed E-state index contributed by atoms with van der Waals surface area (Å²) in [7, 11) is 0. The van der Waals surface area contributed by atoms with Crippen molar-refractivity contribution in [1.82, 2.24) is 0 Å². The summed E-state index contributed by atoms with van der Waals surface area (Å²) in [5.41, 5.74) is 2.06. The summed E-state index contributed by atoms with van der Waals surface area (Å²) in [6.45, 7) is 1.65. The van der Waals surface area contributed by atoms with Crippen molar-refractivity contribution in [1.29, 1.82) is 0 Å². The quantitative estimate of drug-likeness (QED) is 0.559. The zero-order valence-electron chi connectivity index (χ0n) is 16.9. The van der Waals surface area contributed by atoms with Crippen molar-refractivity contribution in [3.05, 3.63) is 77.6 Å². The summed E-state index contributed by atoms with van der Waals surface area (Å²) in [5.74, 6) is -1.62. The van der Waals surface area contributed by atoms with Crippen LogP contribution in [0.2, 0.25) is 0 Å². The third-order valence-corrected chi connectivity index (χ3v) is 4.68. The van der Waals surface area contributed by atoms with Gasteiger partial charge in [0.25, 0.3) is 0 Å². The van der Waals surface area contributed by atoms with E-state index in [4.69, 9.17) is 4.74 Å². The first kappa shape index (κ1) is 22.3. The van der Waals surface area contributed by atoms with Gasteiger partial charge in [-0.05, 0) is 60.7 Å². The van der Waals surface area contributed by atoms with Crippen LogP contribution in [0.15, 0.2) is 65.7 Å². The molecule has 2 aromatic carbocycles. The standard InChI is InChI=1S/C24H22F3NO3/c1-2-13-24(26,27)31-20-11-9-16(10-12-20)17-5-4-8-21(28-22(15-17)23(29)30)18-6-3-7-19(25)14-18/h3,6-12,14-15H,2,4-5,13H2,1H3,(H,29,30)/b17-15+,21-8-,28-22+. The van der Waals surface area contributed by atoms with Crippen LogP contribution in [0.3, 0.4) is 0 Å². The Balaban J connectivity index is 1.88. The van der Waals surface area contributed by atoms with Gasteiger partial charge in [-0.2, -0.15) is 8.78 Å². The molecule has 1 N–H and O–H groups in total. The molecule has 4 nitrogen and oxygen atoms in total. The second-order valence-corrected chi connectivity index (χ2v) is 7.12. The molecule has 0 amide bonds. The Morgan fingerprint density at radius 2 is 1.90 bits per heavy atom. The molecular formula is C24H22F3NO3. The fourth-order valence-corrected chi connectivity index (χ4v) is 3.23. The molecule has 0 saturated heterocycles. The number of rotatable bonds is 7. The van der Waals surface area contributed by atoms with Crippen LogP contribution >= 0.6 is 0 Å². The minimum atomic E-state index is -3.24. The second kappa shape index (κ2) is 9.64. The molecule has 0 spiro atoms. The van der Waals surface area contributed by atoms with E-state index in [1.54, 1.807) is 31.2 Å². The summed E-state index contributed by atoms with van der Waals surface area (Å²) in [6.07, 6.45) is 0.928. The molecule has 2 aromatic rings. The van der Waals surface area contributed by atoms with Gasteiger partial charge >= 0.3 is 12.1 Å². The van der Waals surface area contributed by atoms with Crippen molar-refractivity contribution in [3.63, 3.8) is 0 Å². The second-order valence-electron chi connectivity index (χ2n) is 7.12. The molecule has 7 heteroatoms. The van der Waals surface area contributed by atoms with Crippen molar-refractivity contribution in [2.45, 2.75) is 38.7 Å². The average Bonchev–Trinajstić information content (AvgIpc) is 2.68. The van der Waals surface area contributed by atoms with E-state index in [1.807, 2.05) is 0 Å². The highest BCUT2D eigenvalue weighted by Gasteiger charge is 2.30. The van der Waals surface area contributed by atoms with E-state index in [0.717, 1.165) is 0 Å². The van der Waals surface area contributed by atoms with Gasteiger partial charge in [0, 0.05) is 5.56 Å². The fourth-order valence-electron chi connectivity index (χ4n) is 3.23. The number of carboxylic acids is 1. The summed E-state index contributed by atoms with van der Waals surface area (Å²) < 4.78 is 45.6. The molecule has 0 aromatic heterocycles. The Bertz CT molecular complexity index is 1040. The molecule has 3 rings (SSSR count). The van der Waals surface area contributed by atoms with Gasteiger partial charge in [0.1, 0.15) is 17.3 Å². The molecule has 1 aliphatic heterocycles. The molecule has 1 heterocycles. The molecule has 31 heavy (non-hydrogen) atoms. The predicted octanol–water partition coefficient (Wildman–Crippen LogP) is 6.34. The number of alkyl halides is 2. The van der Waals surface area contributed by atoms with E-state index < -0.39 is 17.9 Å². The van der Waals surface area contributed by atoms with Crippen molar-refractivity contribution < 1.29 is 27.8 Å². The zero-order valence-corrected chi connectivity index (χ0v) is 16.9.